The number of phenols is 2. The molecule has 2 aromatic carbocycles. The maximum absolute atomic E-state index is 12.5. The Hall–Kier alpha value is -2.53. The topological polar surface area (TPSA) is 81.0 Å². The van der Waals surface area contributed by atoms with Crippen molar-refractivity contribution in [2.75, 3.05) is 13.1 Å². The second-order valence-corrected chi connectivity index (χ2v) is 6.55. The van der Waals surface area contributed by atoms with Crippen LogP contribution in [0, 0.1) is 0 Å². The van der Waals surface area contributed by atoms with E-state index in [4.69, 9.17) is 0 Å². The number of rotatable bonds is 4. The summed E-state index contributed by atoms with van der Waals surface area (Å²) in [5.41, 5.74) is 1.74. The molecule has 3 rings (SSSR count). The van der Waals surface area contributed by atoms with E-state index in [1.807, 2.05) is 30.3 Å². The van der Waals surface area contributed by atoms with Gasteiger partial charge in [0.25, 0.3) is 5.91 Å². The molecule has 0 saturated carbocycles. The number of aromatic hydroxyl groups is 2. The van der Waals surface area contributed by atoms with Gasteiger partial charge in [0.15, 0.2) is 0 Å². The van der Waals surface area contributed by atoms with Crippen molar-refractivity contribution in [2.45, 2.75) is 31.3 Å². The third-order valence-electron chi connectivity index (χ3n) is 4.82. The van der Waals surface area contributed by atoms with E-state index in [2.05, 4.69) is 0 Å². The van der Waals surface area contributed by atoms with E-state index < -0.39 is 6.10 Å². The maximum Gasteiger partial charge on any atom is 0.251 e. The van der Waals surface area contributed by atoms with Gasteiger partial charge in [-0.3, -0.25) is 4.79 Å². The Kier molecular flexibility index (Phi) is 5.24. The fraction of sp³-hybridized carbons (Fsp3) is 0.350. The fourth-order valence-corrected chi connectivity index (χ4v) is 3.42. The Morgan fingerprint density at radius 3 is 2.40 bits per heavy atom. The standard InChI is InChI=1S/C20H23NO4/c22-16-6-7-17(18(23)13-16)15-8-10-21(11-9-15)20(25)19(24)12-14-4-2-1-3-5-14/h1-7,13,15,19,22-24H,8-12H2. The van der Waals surface area contributed by atoms with Gasteiger partial charge in [0.05, 0.1) is 0 Å². The van der Waals surface area contributed by atoms with Crippen molar-refractivity contribution in [1.29, 1.82) is 0 Å². The summed E-state index contributed by atoms with van der Waals surface area (Å²) in [5.74, 6) is 0.0416. The summed E-state index contributed by atoms with van der Waals surface area (Å²) in [6.45, 7) is 1.10. The molecule has 0 spiro atoms. The quantitative estimate of drug-likeness (QED) is 0.798. The van der Waals surface area contributed by atoms with Gasteiger partial charge < -0.3 is 20.2 Å². The van der Waals surface area contributed by atoms with E-state index in [-0.39, 0.29) is 23.3 Å². The molecule has 1 unspecified atom stereocenters. The molecule has 25 heavy (non-hydrogen) atoms. The zero-order valence-electron chi connectivity index (χ0n) is 14.0. The average Bonchev–Trinajstić information content (AvgIpc) is 2.62. The SMILES string of the molecule is O=C(C(O)Cc1ccccc1)N1CCC(c2ccc(O)cc2O)CC1. The van der Waals surface area contributed by atoms with Crippen LogP contribution in [0.15, 0.2) is 48.5 Å². The van der Waals surface area contributed by atoms with Crippen molar-refractivity contribution >= 4 is 5.91 Å². The number of amides is 1. The third kappa shape index (κ3) is 4.12. The van der Waals surface area contributed by atoms with E-state index in [0.717, 1.165) is 24.0 Å². The highest BCUT2D eigenvalue weighted by Gasteiger charge is 2.28. The number of carbonyl (C=O) groups is 1. The summed E-state index contributed by atoms with van der Waals surface area (Å²) in [6.07, 6.45) is 0.740. The second kappa shape index (κ2) is 7.57. The summed E-state index contributed by atoms with van der Waals surface area (Å²) in [7, 11) is 0. The van der Waals surface area contributed by atoms with Crippen molar-refractivity contribution in [1.82, 2.24) is 4.90 Å². The summed E-state index contributed by atoms with van der Waals surface area (Å²) < 4.78 is 0. The Labute approximate surface area is 147 Å². The molecule has 0 bridgehead atoms. The monoisotopic (exact) mass is 341 g/mol. The molecule has 0 radical (unpaired) electrons. The van der Waals surface area contributed by atoms with Crippen molar-refractivity contribution in [3.8, 4) is 11.5 Å². The molecular formula is C20H23NO4. The lowest BCUT2D eigenvalue weighted by Crippen LogP contribution is -2.44. The Morgan fingerprint density at radius 2 is 1.76 bits per heavy atom. The lowest BCUT2D eigenvalue weighted by molar-refractivity contribution is -0.141. The lowest BCUT2D eigenvalue weighted by atomic mass is 9.88. The first-order valence-electron chi connectivity index (χ1n) is 8.57. The van der Waals surface area contributed by atoms with Crippen LogP contribution in [0.1, 0.15) is 29.9 Å². The summed E-state index contributed by atoms with van der Waals surface area (Å²) in [6, 6.07) is 14.1. The van der Waals surface area contributed by atoms with Gasteiger partial charge in [0.2, 0.25) is 0 Å². The number of piperidine rings is 1. The average molecular weight is 341 g/mol. The van der Waals surface area contributed by atoms with Crippen LogP contribution in [0.3, 0.4) is 0 Å². The summed E-state index contributed by atoms with van der Waals surface area (Å²) >= 11 is 0. The van der Waals surface area contributed by atoms with Crippen molar-refractivity contribution in [3.05, 3.63) is 59.7 Å². The minimum absolute atomic E-state index is 0.0397. The molecule has 1 atom stereocenters. The number of benzene rings is 2. The van der Waals surface area contributed by atoms with Gasteiger partial charge in [0, 0.05) is 25.6 Å². The van der Waals surface area contributed by atoms with Gasteiger partial charge in [-0.2, -0.15) is 0 Å². The first-order valence-corrected chi connectivity index (χ1v) is 8.57. The van der Waals surface area contributed by atoms with Gasteiger partial charge in [-0.1, -0.05) is 36.4 Å². The highest BCUT2D eigenvalue weighted by atomic mass is 16.3. The number of hydrogen-bond donors (Lipinski definition) is 3. The number of nitrogens with zero attached hydrogens (tertiary/aromatic N) is 1. The Balaban J connectivity index is 1.57. The predicted molar refractivity (Wildman–Crippen MR) is 94.5 cm³/mol. The van der Waals surface area contributed by atoms with E-state index >= 15 is 0 Å². The first-order chi connectivity index (χ1) is 12.0. The van der Waals surface area contributed by atoms with Crippen LogP contribution in [0.2, 0.25) is 0 Å². The van der Waals surface area contributed by atoms with E-state index in [1.54, 1.807) is 17.0 Å². The molecule has 1 amide bonds. The molecular weight excluding hydrogens is 318 g/mol. The highest BCUT2D eigenvalue weighted by molar-refractivity contribution is 5.81. The van der Waals surface area contributed by atoms with Crippen LogP contribution in [-0.4, -0.2) is 45.3 Å². The number of phenolic OH excluding ortho intramolecular Hbond substituents is 2. The fourth-order valence-electron chi connectivity index (χ4n) is 3.42. The highest BCUT2D eigenvalue weighted by Crippen LogP contribution is 2.35. The maximum atomic E-state index is 12.5. The van der Waals surface area contributed by atoms with Crippen LogP contribution in [0.25, 0.3) is 0 Å². The van der Waals surface area contributed by atoms with Gasteiger partial charge in [-0.15, -0.1) is 0 Å². The molecule has 0 aliphatic carbocycles. The zero-order chi connectivity index (χ0) is 17.8. The van der Waals surface area contributed by atoms with Crippen LogP contribution in [-0.2, 0) is 11.2 Å². The molecule has 5 heteroatoms. The smallest absolute Gasteiger partial charge is 0.251 e. The minimum Gasteiger partial charge on any atom is -0.508 e. The summed E-state index contributed by atoms with van der Waals surface area (Å²) in [4.78, 5) is 14.1. The van der Waals surface area contributed by atoms with Crippen LogP contribution < -0.4 is 0 Å². The van der Waals surface area contributed by atoms with Crippen LogP contribution in [0.5, 0.6) is 11.5 Å². The Morgan fingerprint density at radius 1 is 1.08 bits per heavy atom. The number of carbonyl (C=O) groups excluding carboxylic acids is 1. The van der Waals surface area contributed by atoms with Crippen LogP contribution >= 0.6 is 0 Å². The molecule has 3 N–H and O–H groups in total. The summed E-state index contributed by atoms with van der Waals surface area (Å²) in [5, 5.41) is 29.6. The van der Waals surface area contributed by atoms with Gasteiger partial charge >= 0.3 is 0 Å². The van der Waals surface area contributed by atoms with Crippen molar-refractivity contribution in [3.63, 3.8) is 0 Å². The molecule has 1 aliphatic heterocycles. The number of likely N-dealkylation sites (tertiary alicyclic amines) is 1. The van der Waals surface area contributed by atoms with Crippen molar-refractivity contribution < 1.29 is 20.1 Å². The lowest BCUT2D eigenvalue weighted by Gasteiger charge is -2.33. The zero-order valence-corrected chi connectivity index (χ0v) is 14.0. The van der Waals surface area contributed by atoms with Gasteiger partial charge in [0.1, 0.15) is 17.6 Å². The molecule has 1 heterocycles. The molecule has 1 aliphatic rings. The number of hydrogen-bond acceptors (Lipinski definition) is 4. The third-order valence-corrected chi connectivity index (χ3v) is 4.82. The molecule has 1 fully saturated rings. The van der Waals surface area contributed by atoms with Crippen molar-refractivity contribution in [2.24, 2.45) is 0 Å². The molecule has 1 saturated heterocycles. The second-order valence-electron chi connectivity index (χ2n) is 6.55. The normalized spacial score (nSPS) is 16.6. The molecule has 0 aromatic heterocycles. The van der Waals surface area contributed by atoms with Gasteiger partial charge in [-0.05, 0) is 36.0 Å². The Bertz CT molecular complexity index is 724. The van der Waals surface area contributed by atoms with Gasteiger partial charge in [-0.25, -0.2) is 0 Å². The molecule has 2 aromatic rings. The predicted octanol–water partition coefficient (Wildman–Crippen LogP) is 2.41. The van der Waals surface area contributed by atoms with Crippen LogP contribution in [0.4, 0.5) is 0 Å². The largest absolute Gasteiger partial charge is 0.508 e. The molecule has 5 nitrogen and oxygen atoms in total. The minimum atomic E-state index is -1.03. The first kappa shape index (κ1) is 17.3. The molecule has 132 valence electrons. The number of aliphatic hydroxyl groups excluding tert-OH is 1. The number of aliphatic hydroxyl groups is 1. The van der Waals surface area contributed by atoms with E-state index in [9.17, 15) is 20.1 Å². The van der Waals surface area contributed by atoms with E-state index in [0.29, 0.717) is 19.5 Å². The van der Waals surface area contributed by atoms with E-state index in [1.165, 1.54) is 6.07 Å².